The normalized spacial score (nSPS) is 11.0. The molecule has 0 amide bonds. The number of phenolic OH excluding ortho intramolecular Hbond substituents is 1. The number of hydrogen-bond acceptors (Lipinski definition) is 6. The summed E-state index contributed by atoms with van der Waals surface area (Å²) in [6.07, 6.45) is 2.60. The van der Waals surface area contributed by atoms with Crippen LogP contribution >= 0.6 is 0 Å². The van der Waals surface area contributed by atoms with Gasteiger partial charge in [-0.1, -0.05) is 0 Å². The van der Waals surface area contributed by atoms with Gasteiger partial charge in [-0.3, -0.25) is 19.9 Å². The van der Waals surface area contributed by atoms with Crippen LogP contribution in [0.2, 0.25) is 0 Å². The minimum atomic E-state index is -1.09. The molecule has 0 fully saturated rings. The van der Waals surface area contributed by atoms with Crippen LogP contribution in [0.1, 0.15) is 25.1 Å². The van der Waals surface area contributed by atoms with Crippen LogP contribution in [0.5, 0.6) is 5.75 Å². The number of hydrogen-bond donors (Lipinski definition) is 3. The molecule has 0 aliphatic rings. The number of nitrogens with one attached hydrogen (secondary N) is 2. The second-order valence-corrected chi connectivity index (χ2v) is 5.18. The Morgan fingerprint density at radius 1 is 1.20 bits per heavy atom. The van der Waals surface area contributed by atoms with E-state index < -0.39 is 21.9 Å². The minimum Gasteiger partial charge on any atom is -0.507 e. The SMILES string of the molecule is CCN(CC)c1ccc(C=Cc2[nH]c(=O)[nH]c(=O)c2[N+](=O)[O-])c(O)c1. The summed E-state index contributed by atoms with van der Waals surface area (Å²) >= 11 is 0. The quantitative estimate of drug-likeness (QED) is 0.538. The average molecular weight is 346 g/mol. The fourth-order valence-corrected chi connectivity index (χ4v) is 2.43. The van der Waals surface area contributed by atoms with E-state index >= 15 is 0 Å². The van der Waals surface area contributed by atoms with Crippen molar-refractivity contribution in [3.05, 3.63) is 60.4 Å². The highest BCUT2D eigenvalue weighted by atomic mass is 16.6. The Labute approximate surface area is 142 Å². The molecule has 9 heteroatoms. The fraction of sp³-hybridized carbons (Fsp3) is 0.250. The molecule has 2 aromatic rings. The Balaban J connectivity index is 2.42. The minimum absolute atomic E-state index is 0.0181. The van der Waals surface area contributed by atoms with Crippen molar-refractivity contribution in [2.75, 3.05) is 18.0 Å². The molecular weight excluding hydrogens is 328 g/mol. The summed E-state index contributed by atoms with van der Waals surface area (Å²) < 4.78 is 0. The van der Waals surface area contributed by atoms with Crippen LogP contribution < -0.4 is 16.1 Å². The molecule has 0 atom stereocenters. The summed E-state index contributed by atoms with van der Waals surface area (Å²) in [5, 5.41) is 21.1. The molecule has 0 unspecified atom stereocenters. The van der Waals surface area contributed by atoms with Crippen molar-refractivity contribution >= 4 is 23.5 Å². The molecule has 0 aliphatic carbocycles. The lowest BCUT2D eigenvalue weighted by atomic mass is 10.1. The van der Waals surface area contributed by atoms with Crippen molar-refractivity contribution in [3.8, 4) is 5.75 Å². The van der Waals surface area contributed by atoms with Crippen molar-refractivity contribution in [2.24, 2.45) is 0 Å². The summed E-state index contributed by atoms with van der Waals surface area (Å²) in [5.74, 6) is -0.0181. The van der Waals surface area contributed by atoms with Gasteiger partial charge in [0.15, 0.2) is 0 Å². The van der Waals surface area contributed by atoms with Crippen LogP contribution in [0.15, 0.2) is 27.8 Å². The third-order valence-electron chi connectivity index (χ3n) is 3.70. The molecule has 1 aromatic carbocycles. The lowest BCUT2D eigenvalue weighted by molar-refractivity contribution is -0.386. The molecule has 9 nitrogen and oxygen atoms in total. The van der Waals surface area contributed by atoms with Gasteiger partial charge in [-0.05, 0) is 38.1 Å². The van der Waals surface area contributed by atoms with Crippen molar-refractivity contribution in [2.45, 2.75) is 13.8 Å². The third-order valence-corrected chi connectivity index (χ3v) is 3.70. The van der Waals surface area contributed by atoms with Gasteiger partial charge in [-0.25, -0.2) is 4.79 Å². The topological polar surface area (TPSA) is 132 Å². The van der Waals surface area contributed by atoms with Crippen LogP contribution in [-0.2, 0) is 0 Å². The number of rotatable bonds is 6. The highest BCUT2D eigenvalue weighted by Gasteiger charge is 2.18. The van der Waals surface area contributed by atoms with Gasteiger partial charge in [0.2, 0.25) is 0 Å². The molecule has 0 aliphatic heterocycles. The second-order valence-electron chi connectivity index (χ2n) is 5.18. The maximum atomic E-state index is 11.6. The zero-order valence-electron chi connectivity index (χ0n) is 13.8. The van der Waals surface area contributed by atoms with Crippen LogP contribution in [0.3, 0.4) is 0 Å². The molecule has 0 saturated carbocycles. The number of aromatic hydroxyl groups is 1. The Hall–Kier alpha value is -3.36. The number of nitrogens with zero attached hydrogens (tertiary/aromatic N) is 2. The lowest BCUT2D eigenvalue weighted by Gasteiger charge is -2.21. The largest absolute Gasteiger partial charge is 0.507 e. The smallest absolute Gasteiger partial charge is 0.357 e. The van der Waals surface area contributed by atoms with Gasteiger partial charge in [0.25, 0.3) is 0 Å². The number of anilines is 1. The molecule has 3 N–H and O–H groups in total. The monoisotopic (exact) mass is 346 g/mol. The van der Waals surface area contributed by atoms with Crippen molar-refractivity contribution in [1.82, 2.24) is 9.97 Å². The summed E-state index contributed by atoms with van der Waals surface area (Å²) in [4.78, 5) is 39.1. The van der Waals surface area contributed by atoms with E-state index in [2.05, 4.69) is 4.98 Å². The summed E-state index contributed by atoms with van der Waals surface area (Å²) in [6.45, 7) is 5.56. The zero-order valence-corrected chi connectivity index (χ0v) is 13.8. The fourth-order valence-electron chi connectivity index (χ4n) is 2.43. The second kappa shape index (κ2) is 7.47. The van der Waals surface area contributed by atoms with Gasteiger partial charge < -0.3 is 15.0 Å². The number of benzene rings is 1. The average Bonchev–Trinajstić information content (AvgIpc) is 2.54. The van der Waals surface area contributed by atoms with E-state index in [9.17, 15) is 24.8 Å². The van der Waals surface area contributed by atoms with Gasteiger partial charge >= 0.3 is 16.9 Å². The lowest BCUT2D eigenvalue weighted by Crippen LogP contribution is -2.25. The van der Waals surface area contributed by atoms with Gasteiger partial charge in [0, 0.05) is 30.4 Å². The highest BCUT2D eigenvalue weighted by molar-refractivity contribution is 5.75. The standard InChI is InChI=1S/C16H18N4O5/c1-3-19(4-2)11-7-5-10(13(21)9-11)6-8-12-14(20(24)25)15(22)18-16(23)17-12/h5-9,21H,3-4H2,1-2H3,(H2,17,18,22,23). The third kappa shape index (κ3) is 3.94. The van der Waals surface area contributed by atoms with Crippen LogP contribution in [0.4, 0.5) is 11.4 Å². The molecule has 0 spiro atoms. The predicted octanol–water partition coefficient (Wildman–Crippen LogP) is 1.69. The first kappa shape index (κ1) is 18.0. The molecule has 0 saturated heterocycles. The van der Waals surface area contributed by atoms with Crippen molar-refractivity contribution in [1.29, 1.82) is 0 Å². The molecule has 0 bridgehead atoms. The maximum Gasteiger partial charge on any atom is 0.357 e. The Morgan fingerprint density at radius 2 is 1.88 bits per heavy atom. The molecule has 25 heavy (non-hydrogen) atoms. The highest BCUT2D eigenvalue weighted by Crippen LogP contribution is 2.26. The Bertz CT molecular complexity index is 925. The molecule has 2 rings (SSSR count). The van der Waals surface area contributed by atoms with Crippen molar-refractivity contribution < 1.29 is 10.0 Å². The first-order chi connectivity index (χ1) is 11.9. The van der Waals surface area contributed by atoms with E-state index in [4.69, 9.17) is 0 Å². The molecule has 1 heterocycles. The first-order valence-electron chi connectivity index (χ1n) is 7.64. The first-order valence-corrected chi connectivity index (χ1v) is 7.64. The van der Waals surface area contributed by atoms with E-state index in [1.54, 1.807) is 23.2 Å². The predicted molar refractivity (Wildman–Crippen MR) is 94.9 cm³/mol. The van der Waals surface area contributed by atoms with Crippen LogP contribution in [-0.4, -0.2) is 33.1 Å². The van der Waals surface area contributed by atoms with E-state index in [1.807, 2.05) is 18.7 Å². The van der Waals surface area contributed by atoms with E-state index in [1.165, 1.54) is 12.2 Å². The number of phenols is 1. The number of aromatic amines is 2. The van der Waals surface area contributed by atoms with Crippen LogP contribution in [0.25, 0.3) is 12.2 Å². The van der Waals surface area contributed by atoms with Gasteiger partial charge in [0.05, 0.1) is 4.92 Å². The van der Waals surface area contributed by atoms with E-state index in [0.717, 1.165) is 18.8 Å². The zero-order chi connectivity index (χ0) is 18.6. The van der Waals surface area contributed by atoms with Gasteiger partial charge in [-0.15, -0.1) is 0 Å². The Kier molecular flexibility index (Phi) is 5.38. The number of nitro groups is 1. The summed E-state index contributed by atoms with van der Waals surface area (Å²) in [7, 11) is 0. The van der Waals surface area contributed by atoms with Gasteiger partial charge in [-0.2, -0.15) is 0 Å². The number of H-pyrrole nitrogens is 2. The number of aromatic nitrogens is 2. The summed E-state index contributed by atoms with van der Waals surface area (Å²) in [5.41, 5.74) is -1.71. The summed E-state index contributed by atoms with van der Waals surface area (Å²) in [6, 6.07) is 5.04. The van der Waals surface area contributed by atoms with Gasteiger partial charge in [0.1, 0.15) is 11.4 Å². The maximum absolute atomic E-state index is 11.6. The van der Waals surface area contributed by atoms with Crippen molar-refractivity contribution in [3.63, 3.8) is 0 Å². The molecular formula is C16H18N4O5. The van der Waals surface area contributed by atoms with E-state index in [-0.39, 0.29) is 11.4 Å². The molecule has 0 radical (unpaired) electrons. The van der Waals surface area contributed by atoms with Crippen LogP contribution in [0, 0.1) is 10.1 Å². The van der Waals surface area contributed by atoms with E-state index in [0.29, 0.717) is 5.56 Å². The molecule has 1 aromatic heterocycles. The Morgan fingerprint density at radius 3 is 2.44 bits per heavy atom. The molecule has 132 valence electrons.